The smallest absolute Gasteiger partial charge is 0.0431 e. The molecular weight excluding hydrogens is 136 g/mol. The van der Waals surface area contributed by atoms with Crippen LogP contribution in [0.4, 0.5) is 0 Å². The molecule has 0 saturated carbocycles. The fourth-order valence-corrected chi connectivity index (χ4v) is 0.922. The Labute approximate surface area is 69.4 Å². The SMILES string of the molecule is CC=C=CC(C)CCCCO. The van der Waals surface area contributed by atoms with Gasteiger partial charge in [-0.05, 0) is 37.8 Å². The Morgan fingerprint density at radius 3 is 2.73 bits per heavy atom. The predicted molar refractivity (Wildman–Crippen MR) is 48.4 cm³/mol. The molecule has 0 spiro atoms. The lowest BCUT2D eigenvalue weighted by molar-refractivity contribution is 0.281. The van der Waals surface area contributed by atoms with E-state index in [-0.39, 0.29) is 0 Å². The Hall–Kier alpha value is -0.520. The molecule has 0 aliphatic rings. The maximum absolute atomic E-state index is 8.52. The highest BCUT2D eigenvalue weighted by molar-refractivity contribution is 4.85. The number of allylic oxidation sites excluding steroid dienone is 1. The summed E-state index contributed by atoms with van der Waals surface area (Å²) in [5, 5.41) is 8.52. The number of aliphatic hydroxyl groups is 1. The molecular formula is C10H18O. The van der Waals surface area contributed by atoms with E-state index in [0.717, 1.165) is 19.3 Å². The average Bonchev–Trinajstić information content (AvgIpc) is 2.01. The highest BCUT2D eigenvalue weighted by Crippen LogP contribution is 2.07. The number of unbranched alkanes of at least 4 members (excludes halogenated alkanes) is 1. The first-order chi connectivity index (χ1) is 5.31. The van der Waals surface area contributed by atoms with Crippen molar-refractivity contribution < 1.29 is 5.11 Å². The third-order valence-electron chi connectivity index (χ3n) is 1.61. The molecule has 1 unspecified atom stereocenters. The quantitative estimate of drug-likeness (QED) is 0.476. The van der Waals surface area contributed by atoms with E-state index >= 15 is 0 Å². The van der Waals surface area contributed by atoms with Gasteiger partial charge in [0.05, 0.1) is 0 Å². The van der Waals surface area contributed by atoms with E-state index < -0.39 is 0 Å². The van der Waals surface area contributed by atoms with Crippen molar-refractivity contribution in [3.05, 3.63) is 17.9 Å². The van der Waals surface area contributed by atoms with Crippen molar-refractivity contribution in [3.8, 4) is 0 Å². The van der Waals surface area contributed by atoms with Crippen LogP contribution in [0.5, 0.6) is 0 Å². The van der Waals surface area contributed by atoms with Gasteiger partial charge >= 0.3 is 0 Å². The third kappa shape index (κ3) is 7.38. The average molecular weight is 154 g/mol. The van der Waals surface area contributed by atoms with E-state index in [2.05, 4.69) is 18.7 Å². The van der Waals surface area contributed by atoms with Crippen molar-refractivity contribution in [2.75, 3.05) is 6.61 Å². The molecule has 0 heterocycles. The van der Waals surface area contributed by atoms with Crippen molar-refractivity contribution in [2.45, 2.75) is 33.1 Å². The highest BCUT2D eigenvalue weighted by Gasteiger charge is 1.94. The Bertz CT molecular complexity index is 132. The lowest BCUT2D eigenvalue weighted by Crippen LogP contribution is -1.90. The summed E-state index contributed by atoms with van der Waals surface area (Å²) in [4.78, 5) is 0. The summed E-state index contributed by atoms with van der Waals surface area (Å²) in [5.74, 6) is 0.595. The molecule has 0 aromatic carbocycles. The molecule has 0 aromatic heterocycles. The molecule has 0 aromatic rings. The Morgan fingerprint density at radius 2 is 2.18 bits per heavy atom. The molecule has 11 heavy (non-hydrogen) atoms. The molecule has 0 bridgehead atoms. The van der Waals surface area contributed by atoms with Crippen molar-refractivity contribution in [1.82, 2.24) is 0 Å². The Balaban J connectivity index is 3.37. The Morgan fingerprint density at radius 1 is 1.45 bits per heavy atom. The predicted octanol–water partition coefficient (Wildman–Crippen LogP) is 2.52. The summed E-state index contributed by atoms with van der Waals surface area (Å²) in [6, 6.07) is 0. The minimum Gasteiger partial charge on any atom is -0.396 e. The first-order valence-corrected chi connectivity index (χ1v) is 4.29. The van der Waals surface area contributed by atoms with Gasteiger partial charge in [-0.25, -0.2) is 0 Å². The number of rotatable bonds is 5. The first-order valence-electron chi connectivity index (χ1n) is 4.29. The van der Waals surface area contributed by atoms with Crippen LogP contribution in [0.3, 0.4) is 0 Å². The van der Waals surface area contributed by atoms with Gasteiger partial charge in [0.1, 0.15) is 0 Å². The minimum atomic E-state index is 0.319. The van der Waals surface area contributed by atoms with Crippen LogP contribution in [0.25, 0.3) is 0 Å². The highest BCUT2D eigenvalue weighted by atomic mass is 16.2. The van der Waals surface area contributed by atoms with Crippen molar-refractivity contribution in [1.29, 1.82) is 0 Å². The molecule has 0 saturated heterocycles. The van der Waals surface area contributed by atoms with Crippen LogP contribution in [0.15, 0.2) is 17.9 Å². The molecule has 0 aliphatic carbocycles. The molecule has 1 atom stereocenters. The van der Waals surface area contributed by atoms with Gasteiger partial charge in [-0.2, -0.15) is 0 Å². The molecule has 0 aliphatic heterocycles. The summed E-state index contributed by atoms with van der Waals surface area (Å²) >= 11 is 0. The van der Waals surface area contributed by atoms with E-state index in [1.807, 2.05) is 13.0 Å². The van der Waals surface area contributed by atoms with E-state index in [1.54, 1.807) is 0 Å². The summed E-state index contributed by atoms with van der Waals surface area (Å²) in [7, 11) is 0. The van der Waals surface area contributed by atoms with Crippen LogP contribution >= 0.6 is 0 Å². The van der Waals surface area contributed by atoms with Gasteiger partial charge in [0, 0.05) is 6.61 Å². The monoisotopic (exact) mass is 154 g/mol. The zero-order valence-electron chi connectivity index (χ0n) is 7.51. The zero-order valence-corrected chi connectivity index (χ0v) is 7.51. The van der Waals surface area contributed by atoms with Crippen molar-refractivity contribution >= 4 is 0 Å². The number of hydrogen-bond acceptors (Lipinski definition) is 1. The van der Waals surface area contributed by atoms with Gasteiger partial charge in [-0.1, -0.05) is 13.3 Å². The van der Waals surface area contributed by atoms with Gasteiger partial charge in [0.25, 0.3) is 0 Å². The molecule has 0 amide bonds. The maximum Gasteiger partial charge on any atom is 0.0431 e. The second-order valence-corrected chi connectivity index (χ2v) is 2.82. The van der Waals surface area contributed by atoms with Crippen LogP contribution in [0.1, 0.15) is 33.1 Å². The van der Waals surface area contributed by atoms with Gasteiger partial charge in [-0.15, -0.1) is 5.73 Å². The maximum atomic E-state index is 8.52. The molecule has 0 radical (unpaired) electrons. The van der Waals surface area contributed by atoms with Gasteiger partial charge < -0.3 is 5.11 Å². The fourth-order valence-electron chi connectivity index (χ4n) is 0.922. The summed E-state index contributed by atoms with van der Waals surface area (Å²) in [6.45, 7) is 4.46. The second-order valence-electron chi connectivity index (χ2n) is 2.82. The van der Waals surface area contributed by atoms with Crippen LogP contribution in [0, 0.1) is 5.92 Å². The van der Waals surface area contributed by atoms with E-state index in [1.165, 1.54) is 0 Å². The third-order valence-corrected chi connectivity index (χ3v) is 1.61. The van der Waals surface area contributed by atoms with Gasteiger partial charge in [0.15, 0.2) is 0 Å². The van der Waals surface area contributed by atoms with Gasteiger partial charge in [-0.3, -0.25) is 0 Å². The fraction of sp³-hybridized carbons (Fsp3) is 0.700. The lowest BCUT2D eigenvalue weighted by Gasteiger charge is -2.02. The van der Waals surface area contributed by atoms with Crippen molar-refractivity contribution in [3.63, 3.8) is 0 Å². The Kier molecular flexibility index (Phi) is 7.23. The normalized spacial score (nSPS) is 11.9. The summed E-state index contributed by atoms with van der Waals surface area (Å²) in [5.41, 5.74) is 3.06. The van der Waals surface area contributed by atoms with Gasteiger partial charge in [0.2, 0.25) is 0 Å². The molecule has 0 fully saturated rings. The zero-order chi connectivity index (χ0) is 8.53. The van der Waals surface area contributed by atoms with Crippen molar-refractivity contribution in [2.24, 2.45) is 5.92 Å². The van der Waals surface area contributed by atoms with Crippen LogP contribution < -0.4 is 0 Å². The number of aliphatic hydroxyl groups excluding tert-OH is 1. The second kappa shape index (κ2) is 7.59. The summed E-state index contributed by atoms with van der Waals surface area (Å²) in [6.07, 6.45) is 7.19. The number of hydrogen-bond donors (Lipinski definition) is 1. The molecule has 64 valence electrons. The standard InChI is InChI=1S/C10H18O/c1-3-4-7-10(2)8-5-6-9-11/h3,7,10-11H,5-6,8-9H2,1-2H3. The van der Waals surface area contributed by atoms with Crippen LogP contribution in [0.2, 0.25) is 0 Å². The minimum absolute atomic E-state index is 0.319. The van der Waals surface area contributed by atoms with Crippen LogP contribution in [-0.4, -0.2) is 11.7 Å². The molecule has 1 heteroatoms. The molecule has 0 rings (SSSR count). The molecule has 1 nitrogen and oxygen atoms in total. The lowest BCUT2D eigenvalue weighted by atomic mass is 10.0. The summed E-state index contributed by atoms with van der Waals surface area (Å²) < 4.78 is 0. The van der Waals surface area contributed by atoms with E-state index in [4.69, 9.17) is 5.11 Å². The van der Waals surface area contributed by atoms with Crippen LogP contribution in [-0.2, 0) is 0 Å². The topological polar surface area (TPSA) is 20.2 Å². The van der Waals surface area contributed by atoms with E-state index in [0.29, 0.717) is 12.5 Å². The first kappa shape index (κ1) is 10.5. The van der Waals surface area contributed by atoms with E-state index in [9.17, 15) is 0 Å². The molecule has 1 N–H and O–H groups in total. The largest absolute Gasteiger partial charge is 0.396 e.